The summed E-state index contributed by atoms with van der Waals surface area (Å²) in [6.45, 7) is 2.78. The van der Waals surface area contributed by atoms with Gasteiger partial charge in [0.05, 0.1) is 6.54 Å². The van der Waals surface area contributed by atoms with Crippen LogP contribution >= 0.6 is 27.7 Å². The van der Waals surface area contributed by atoms with Gasteiger partial charge in [-0.25, -0.2) is 9.78 Å². The van der Waals surface area contributed by atoms with Crippen LogP contribution in [0.4, 0.5) is 0 Å². The van der Waals surface area contributed by atoms with Crippen LogP contribution in [0.2, 0.25) is 0 Å². The quantitative estimate of drug-likeness (QED) is 0.196. The number of imidazole rings is 1. The molecule has 0 aliphatic rings. The van der Waals surface area contributed by atoms with Gasteiger partial charge in [0, 0.05) is 17.3 Å². The number of rotatable bonds is 14. The van der Waals surface area contributed by atoms with Gasteiger partial charge in [0.1, 0.15) is 0 Å². The third kappa shape index (κ3) is 7.34. The van der Waals surface area contributed by atoms with Crippen molar-refractivity contribution in [3.8, 4) is 0 Å². The first-order valence-electron chi connectivity index (χ1n) is 12.1. The maximum absolute atomic E-state index is 12.7. The molecule has 0 bridgehead atoms. The highest BCUT2D eigenvalue weighted by atomic mass is 79.9. The summed E-state index contributed by atoms with van der Waals surface area (Å²) in [5, 5.41) is 0.785. The van der Waals surface area contributed by atoms with E-state index in [1.54, 1.807) is 18.8 Å². The lowest BCUT2D eigenvalue weighted by molar-refractivity contribution is 0.563. The van der Waals surface area contributed by atoms with Crippen LogP contribution in [0.3, 0.4) is 0 Å². The third-order valence-electron chi connectivity index (χ3n) is 5.93. The van der Waals surface area contributed by atoms with Crippen LogP contribution < -0.4 is 11.2 Å². The molecule has 0 fully saturated rings. The highest BCUT2D eigenvalue weighted by Crippen LogP contribution is 2.25. The van der Waals surface area contributed by atoms with Crippen LogP contribution in [0.5, 0.6) is 0 Å². The van der Waals surface area contributed by atoms with Gasteiger partial charge in [-0.2, -0.15) is 0 Å². The van der Waals surface area contributed by atoms with E-state index in [9.17, 15) is 9.59 Å². The van der Waals surface area contributed by atoms with E-state index in [0.29, 0.717) is 17.7 Å². The first-order chi connectivity index (χ1) is 16.0. The van der Waals surface area contributed by atoms with Gasteiger partial charge in [0.15, 0.2) is 16.3 Å². The Balaban J connectivity index is 1.62. The van der Waals surface area contributed by atoms with Crippen molar-refractivity contribution in [2.75, 3.05) is 5.75 Å². The molecule has 0 atom stereocenters. The molecule has 3 rings (SSSR count). The summed E-state index contributed by atoms with van der Waals surface area (Å²) in [4.78, 5) is 31.8. The lowest BCUT2D eigenvalue weighted by Crippen LogP contribution is -2.29. The first-order valence-corrected chi connectivity index (χ1v) is 13.9. The molecule has 1 N–H and O–H groups in total. The minimum atomic E-state index is -0.439. The number of aromatic nitrogens is 4. The Kier molecular flexibility index (Phi) is 10.3. The van der Waals surface area contributed by atoms with E-state index in [0.717, 1.165) is 27.4 Å². The lowest BCUT2D eigenvalue weighted by Gasteiger charge is -2.09. The Labute approximate surface area is 208 Å². The van der Waals surface area contributed by atoms with Crippen LogP contribution in [0.15, 0.2) is 43.5 Å². The highest BCUT2D eigenvalue weighted by molar-refractivity contribution is 9.10. The van der Waals surface area contributed by atoms with E-state index >= 15 is 0 Å². The van der Waals surface area contributed by atoms with Crippen LogP contribution in [-0.4, -0.2) is 24.9 Å². The zero-order valence-corrected chi connectivity index (χ0v) is 22.1. The van der Waals surface area contributed by atoms with Crippen LogP contribution in [0.25, 0.3) is 11.2 Å². The maximum atomic E-state index is 12.7. The van der Waals surface area contributed by atoms with Crippen molar-refractivity contribution in [3.05, 3.63) is 55.1 Å². The second-order valence-corrected chi connectivity index (χ2v) is 10.6. The smallest absolute Gasteiger partial charge is 0.309 e. The number of thioether (sulfide) groups is 1. The average Bonchev–Trinajstić information content (AvgIpc) is 3.14. The van der Waals surface area contributed by atoms with Crippen molar-refractivity contribution in [1.29, 1.82) is 0 Å². The zero-order chi connectivity index (χ0) is 23.6. The van der Waals surface area contributed by atoms with Gasteiger partial charge in [-0.3, -0.25) is 14.3 Å². The van der Waals surface area contributed by atoms with E-state index in [-0.39, 0.29) is 5.56 Å². The third-order valence-corrected chi connectivity index (χ3v) is 7.49. The molecule has 0 amide bonds. The summed E-state index contributed by atoms with van der Waals surface area (Å²) < 4.78 is 4.35. The minimum Gasteiger partial charge on any atom is -0.309 e. The number of fused-ring (bicyclic) bond motifs is 1. The predicted octanol–water partition coefficient (Wildman–Crippen LogP) is 6.25. The molecule has 0 aliphatic heterocycles. The normalized spacial score (nSPS) is 11.5. The number of H-pyrrole nitrogens is 1. The number of aromatic amines is 1. The zero-order valence-electron chi connectivity index (χ0n) is 19.7. The second-order valence-electron chi connectivity index (χ2n) is 8.63. The summed E-state index contributed by atoms with van der Waals surface area (Å²) >= 11 is 5.19. The fourth-order valence-corrected chi connectivity index (χ4v) is 5.48. The van der Waals surface area contributed by atoms with Crippen molar-refractivity contribution in [1.82, 2.24) is 19.1 Å². The minimum absolute atomic E-state index is 0.388. The molecule has 0 aliphatic carbocycles. The van der Waals surface area contributed by atoms with Gasteiger partial charge in [0.25, 0.3) is 5.56 Å². The van der Waals surface area contributed by atoms with Crippen LogP contribution in [0.1, 0.15) is 76.7 Å². The lowest BCUT2D eigenvalue weighted by atomic mass is 10.1. The summed E-state index contributed by atoms with van der Waals surface area (Å²) in [7, 11) is 1.65. The molecular weight excluding hydrogens is 500 g/mol. The number of hydrogen-bond donors (Lipinski definition) is 1. The average molecular weight is 536 g/mol. The molecule has 3 aromatic rings. The fourth-order valence-electron chi connectivity index (χ4n) is 4.04. The van der Waals surface area contributed by atoms with Crippen molar-refractivity contribution >= 4 is 38.9 Å². The van der Waals surface area contributed by atoms with Gasteiger partial charge >= 0.3 is 5.69 Å². The molecule has 0 spiro atoms. The van der Waals surface area contributed by atoms with Crippen molar-refractivity contribution < 1.29 is 0 Å². The maximum Gasteiger partial charge on any atom is 0.329 e. The molecule has 8 heteroatoms. The molecule has 33 heavy (non-hydrogen) atoms. The summed E-state index contributed by atoms with van der Waals surface area (Å²) in [5.74, 6) is 0.949. The number of aryl methyl sites for hydroxylation is 1. The first kappa shape index (κ1) is 25.8. The van der Waals surface area contributed by atoms with Gasteiger partial charge in [0.2, 0.25) is 0 Å². The number of hydrogen-bond acceptors (Lipinski definition) is 4. The van der Waals surface area contributed by atoms with Gasteiger partial charge < -0.3 is 4.57 Å². The number of halogens is 1. The summed E-state index contributed by atoms with van der Waals surface area (Å²) in [6.07, 6.45) is 13.1. The van der Waals surface area contributed by atoms with Crippen LogP contribution in [0, 0.1) is 0 Å². The van der Waals surface area contributed by atoms with E-state index in [1.165, 1.54) is 62.4 Å². The number of benzene rings is 1. The van der Waals surface area contributed by atoms with Crippen LogP contribution in [-0.2, 0) is 13.6 Å². The standard InChI is InChI=1S/C25H35BrN4O2S/c1-3-4-5-6-7-8-9-10-11-12-16-33-25-27-22-21(23(31)28-24(32)29(22)2)30(25)18-19-14-13-15-20(26)17-19/h13-15,17H,3-12,16,18H2,1-2H3,(H,28,31,32). The Bertz CT molecular complexity index is 1150. The molecule has 2 heterocycles. The Morgan fingerprint density at radius 2 is 1.67 bits per heavy atom. The monoisotopic (exact) mass is 534 g/mol. The number of nitrogens with one attached hydrogen (secondary N) is 1. The van der Waals surface area contributed by atoms with E-state index in [4.69, 9.17) is 4.98 Å². The Morgan fingerprint density at radius 3 is 2.33 bits per heavy atom. The molecule has 0 radical (unpaired) electrons. The summed E-state index contributed by atoms with van der Waals surface area (Å²) in [5.41, 5.74) is 1.12. The van der Waals surface area contributed by atoms with Gasteiger partial charge in [-0.1, -0.05) is 105 Å². The molecule has 6 nitrogen and oxygen atoms in total. The van der Waals surface area contributed by atoms with Crippen molar-refractivity contribution in [3.63, 3.8) is 0 Å². The molecule has 0 unspecified atom stereocenters. The van der Waals surface area contributed by atoms with E-state index in [1.807, 2.05) is 28.8 Å². The predicted molar refractivity (Wildman–Crippen MR) is 141 cm³/mol. The Hall–Kier alpha value is -1.80. The highest BCUT2D eigenvalue weighted by Gasteiger charge is 2.18. The molecule has 180 valence electrons. The SMILES string of the molecule is CCCCCCCCCCCCSc1nc2c(c(=O)[nH]c(=O)n2C)n1Cc1cccc(Br)c1. The van der Waals surface area contributed by atoms with Crippen molar-refractivity contribution in [2.45, 2.75) is 82.8 Å². The van der Waals surface area contributed by atoms with Gasteiger partial charge in [-0.05, 0) is 24.1 Å². The van der Waals surface area contributed by atoms with Gasteiger partial charge in [-0.15, -0.1) is 0 Å². The number of unbranched alkanes of at least 4 members (excludes halogenated alkanes) is 9. The fraction of sp³-hybridized carbons (Fsp3) is 0.560. The molecular formula is C25H35BrN4O2S. The molecule has 2 aromatic heterocycles. The second kappa shape index (κ2) is 13.2. The number of nitrogens with zero attached hydrogens (tertiary/aromatic N) is 3. The molecule has 0 saturated heterocycles. The van der Waals surface area contributed by atoms with E-state index < -0.39 is 5.69 Å². The largest absolute Gasteiger partial charge is 0.329 e. The topological polar surface area (TPSA) is 72.7 Å². The Morgan fingerprint density at radius 1 is 1.00 bits per heavy atom. The van der Waals surface area contributed by atoms with Crippen molar-refractivity contribution in [2.24, 2.45) is 7.05 Å². The van der Waals surface area contributed by atoms with E-state index in [2.05, 4.69) is 27.8 Å². The summed E-state index contributed by atoms with van der Waals surface area (Å²) in [6, 6.07) is 8.03. The molecule has 0 saturated carbocycles. The molecule has 1 aromatic carbocycles.